The van der Waals surface area contributed by atoms with Crippen molar-refractivity contribution < 1.29 is 19.3 Å². The van der Waals surface area contributed by atoms with Crippen LogP contribution in [0.15, 0.2) is 40.4 Å². The van der Waals surface area contributed by atoms with Gasteiger partial charge in [-0.05, 0) is 42.3 Å². The van der Waals surface area contributed by atoms with E-state index in [9.17, 15) is 19.1 Å². The second-order valence-corrected chi connectivity index (χ2v) is 5.37. The number of aromatic nitrogens is 2. The van der Waals surface area contributed by atoms with E-state index in [1.165, 1.54) is 30.1 Å². The lowest BCUT2D eigenvalue weighted by molar-refractivity contribution is -0.434. The van der Waals surface area contributed by atoms with Gasteiger partial charge in [-0.15, -0.1) is 0 Å². The molecule has 0 saturated carbocycles. The van der Waals surface area contributed by atoms with Crippen LogP contribution in [0.1, 0.15) is 17.5 Å². The van der Waals surface area contributed by atoms with Crippen LogP contribution in [0, 0.1) is 5.82 Å². The molecule has 1 aromatic carbocycles. The highest BCUT2D eigenvalue weighted by molar-refractivity contribution is 7.98. The third-order valence-corrected chi connectivity index (χ3v) is 3.75. The smallest absolute Gasteiger partial charge is 0.339 e. The van der Waals surface area contributed by atoms with Crippen LogP contribution < -0.4 is 15.6 Å². The Morgan fingerprint density at radius 1 is 1.43 bits per heavy atom. The highest BCUT2D eigenvalue weighted by Crippen LogP contribution is 2.16. The van der Waals surface area contributed by atoms with E-state index in [0.717, 1.165) is 5.56 Å². The second kappa shape index (κ2) is 7.03. The first-order valence-corrected chi connectivity index (χ1v) is 7.24. The molecule has 110 valence electrons. The van der Waals surface area contributed by atoms with Crippen LogP contribution in [0.5, 0.6) is 0 Å². The standard InChI is InChI=1S/C14H13FN2O3S/c15-11-3-1-2-9(6-11)8-21-14-16-7-10(13(20)17-14)4-5-12(18)19/h1-3,6-7H,4-5,8H2,(H,18,19)(H,16,17,20). The van der Waals surface area contributed by atoms with Crippen LogP contribution in [0.3, 0.4) is 0 Å². The number of carboxylic acid groups (broad SMARTS) is 1. The fourth-order valence-electron chi connectivity index (χ4n) is 1.72. The van der Waals surface area contributed by atoms with Gasteiger partial charge < -0.3 is 9.90 Å². The van der Waals surface area contributed by atoms with Gasteiger partial charge in [0.1, 0.15) is 5.82 Å². The molecule has 0 bridgehead atoms. The second-order valence-electron chi connectivity index (χ2n) is 4.39. The fourth-order valence-corrected chi connectivity index (χ4v) is 2.52. The first kappa shape index (κ1) is 15.2. The maximum absolute atomic E-state index is 13.0. The van der Waals surface area contributed by atoms with Crippen molar-refractivity contribution in [1.82, 2.24) is 4.98 Å². The maximum atomic E-state index is 13.0. The minimum atomic E-state index is -1.20. The Kier molecular flexibility index (Phi) is 5.10. The van der Waals surface area contributed by atoms with E-state index in [1.807, 2.05) is 0 Å². The number of H-pyrrole nitrogens is 2. The molecule has 0 fully saturated rings. The summed E-state index contributed by atoms with van der Waals surface area (Å²) in [5.74, 6) is -0.995. The van der Waals surface area contributed by atoms with Gasteiger partial charge >= 0.3 is 10.7 Å². The van der Waals surface area contributed by atoms with Gasteiger partial charge in [-0.25, -0.2) is 19.2 Å². The fraction of sp³-hybridized carbons (Fsp3) is 0.214. The SMILES string of the molecule is O=C([O-])CCc1c[nH+]c(SCc2cccc(F)c2)[nH]c1=O. The quantitative estimate of drug-likeness (QED) is 0.614. The van der Waals surface area contributed by atoms with Crippen molar-refractivity contribution in [3.8, 4) is 0 Å². The van der Waals surface area contributed by atoms with E-state index < -0.39 is 5.97 Å². The summed E-state index contributed by atoms with van der Waals surface area (Å²) in [4.78, 5) is 27.6. The summed E-state index contributed by atoms with van der Waals surface area (Å²) in [6, 6.07) is 6.22. The number of carboxylic acids is 1. The molecule has 0 aliphatic carbocycles. The van der Waals surface area contributed by atoms with Crippen LogP contribution in [0.25, 0.3) is 0 Å². The Balaban J connectivity index is 2.00. The number of thioether (sulfide) groups is 1. The molecule has 0 amide bonds. The lowest BCUT2D eigenvalue weighted by atomic mass is 10.2. The molecule has 0 radical (unpaired) electrons. The summed E-state index contributed by atoms with van der Waals surface area (Å²) in [5.41, 5.74) is 0.821. The van der Waals surface area contributed by atoms with Gasteiger partial charge in [0.05, 0.1) is 11.8 Å². The predicted molar refractivity (Wildman–Crippen MR) is 72.9 cm³/mol. The average Bonchev–Trinajstić information content (AvgIpc) is 2.44. The zero-order valence-electron chi connectivity index (χ0n) is 11.0. The zero-order chi connectivity index (χ0) is 15.2. The number of aliphatic carboxylic acids is 1. The number of halogens is 1. The molecule has 21 heavy (non-hydrogen) atoms. The topological polar surface area (TPSA) is 87.1 Å². The number of aromatic amines is 2. The molecule has 1 aromatic heterocycles. The minimum Gasteiger partial charge on any atom is -0.550 e. The van der Waals surface area contributed by atoms with E-state index in [4.69, 9.17) is 0 Å². The number of hydrogen-bond donors (Lipinski definition) is 1. The zero-order valence-corrected chi connectivity index (χ0v) is 11.8. The molecule has 0 aliphatic rings. The number of aryl methyl sites for hydroxylation is 1. The molecule has 2 N–H and O–H groups in total. The van der Waals surface area contributed by atoms with E-state index in [1.54, 1.807) is 12.1 Å². The predicted octanol–water partition coefficient (Wildman–Crippen LogP) is 0.303. The van der Waals surface area contributed by atoms with Gasteiger partial charge in [-0.1, -0.05) is 12.1 Å². The summed E-state index contributed by atoms with van der Waals surface area (Å²) in [6.45, 7) is 0. The molecule has 0 unspecified atom stereocenters. The first-order valence-electron chi connectivity index (χ1n) is 6.25. The van der Waals surface area contributed by atoms with Gasteiger partial charge in [0.2, 0.25) is 0 Å². The normalized spacial score (nSPS) is 10.5. The monoisotopic (exact) mass is 308 g/mol. The Morgan fingerprint density at radius 2 is 2.24 bits per heavy atom. The third kappa shape index (κ3) is 4.71. The van der Waals surface area contributed by atoms with Crippen molar-refractivity contribution in [2.24, 2.45) is 0 Å². The number of carbonyl (C=O) groups is 1. The van der Waals surface area contributed by atoms with E-state index >= 15 is 0 Å². The van der Waals surface area contributed by atoms with Gasteiger partial charge in [0.25, 0.3) is 0 Å². The molecule has 2 rings (SSSR count). The highest BCUT2D eigenvalue weighted by Gasteiger charge is 2.10. The van der Waals surface area contributed by atoms with E-state index in [0.29, 0.717) is 16.5 Å². The average molecular weight is 308 g/mol. The van der Waals surface area contributed by atoms with E-state index in [2.05, 4.69) is 9.97 Å². The highest BCUT2D eigenvalue weighted by atomic mass is 32.2. The Labute approximate surface area is 124 Å². The summed E-state index contributed by atoms with van der Waals surface area (Å²) < 4.78 is 13.0. The van der Waals surface area contributed by atoms with Crippen LogP contribution >= 0.6 is 11.8 Å². The summed E-state index contributed by atoms with van der Waals surface area (Å²) in [6.07, 6.45) is 1.39. The largest absolute Gasteiger partial charge is 0.550 e. The molecule has 0 atom stereocenters. The van der Waals surface area contributed by atoms with Crippen molar-refractivity contribution in [3.63, 3.8) is 0 Å². The molecule has 7 heteroatoms. The van der Waals surface area contributed by atoms with Gasteiger partial charge in [0, 0.05) is 11.7 Å². The lowest BCUT2D eigenvalue weighted by Gasteiger charge is -2.01. The van der Waals surface area contributed by atoms with Gasteiger partial charge in [-0.3, -0.25) is 0 Å². The van der Waals surface area contributed by atoms with E-state index in [-0.39, 0.29) is 24.2 Å². The molecule has 2 aromatic rings. The number of carbonyl (C=O) groups excluding carboxylic acids is 1. The Bertz CT molecular complexity index is 703. The van der Waals surface area contributed by atoms with Crippen molar-refractivity contribution in [2.45, 2.75) is 23.8 Å². The van der Waals surface area contributed by atoms with Crippen LogP contribution in [0.2, 0.25) is 0 Å². The Morgan fingerprint density at radius 3 is 2.90 bits per heavy atom. The molecule has 1 heterocycles. The third-order valence-electron chi connectivity index (χ3n) is 2.77. The maximum Gasteiger partial charge on any atom is 0.339 e. The van der Waals surface area contributed by atoms with Crippen molar-refractivity contribution in [2.75, 3.05) is 0 Å². The summed E-state index contributed by atoms with van der Waals surface area (Å²) in [5, 5.41) is 10.9. The number of hydrogen-bond acceptors (Lipinski definition) is 4. The van der Waals surface area contributed by atoms with Crippen LogP contribution in [0.4, 0.5) is 4.39 Å². The first-order chi connectivity index (χ1) is 10.0. The minimum absolute atomic E-state index is 0.114. The summed E-state index contributed by atoms with van der Waals surface area (Å²) in [7, 11) is 0. The number of nitrogens with one attached hydrogen (secondary N) is 2. The van der Waals surface area contributed by atoms with Crippen LogP contribution in [-0.4, -0.2) is 11.0 Å². The number of rotatable bonds is 6. The molecular formula is C14H13FN2O3S. The van der Waals surface area contributed by atoms with Crippen molar-refractivity contribution >= 4 is 17.7 Å². The van der Waals surface area contributed by atoms with Crippen LogP contribution in [-0.2, 0) is 17.0 Å². The van der Waals surface area contributed by atoms with Crippen molar-refractivity contribution in [1.29, 1.82) is 0 Å². The molecule has 0 aliphatic heterocycles. The molecule has 5 nitrogen and oxygen atoms in total. The lowest BCUT2D eigenvalue weighted by Crippen LogP contribution is -2.26. The molecular weight excluding hydrogens is 295 g/mol. The van der Waals surface area contributed by atoms with Crippen molar-refractivity contribution in [3.05, 3.63) is 57.8 Å². The Hall–Kier alpha value is -2.15. The molecule has 0 saturated heterocycles. The summed E-state index contributed by atoms with van der Waals surface area (Å²) >= 11 is 1.32. The van der Waals surface area contributed by atoms with Gasteiger partial charge in [0.15, 0.2) is 0 Å². The number of benzene rings is 1. The van der Waals surface area contributed by atoms with Gasteiger partial charge in [-0.2, -0.15) is 0 Å². The molecule has 0 spiro atoms.